The highest BCUT2D eigenvalue weighted by Gasteiger charge is 2.42. The molecule has 118 valence electrons. The van der Waals surface area contributed by atoms with E-state index in [-0.39, 0.29) is 11.7 Å². The van der Waals surface area contributed by atoms with Crippen molar-refractivity contribution in [3.8, 4) is 0 Å². The molecule has 0 atom stereocenters. The van der Waals surface area contributed by atoms with E-state index >= 15 is 0 Å². The molecule has 2 amide bonds. The highest BCUT2D eigenvalue weighted by molar-refractivity contribution is 6.35. The molecule has 0 aromatic heterocycles. The first-order chi connectivity index (χ1) is 10.1. The first kappa shape index (κ1) is 16.4. The van der Waals surface area contributed by atoms with Crippen molar-refractivity contribution in [2.45, 2.75) is 26.3 Å². The van der Waals surface area contributed by atoms with E-state index in [2.05, 4.69) is 5.32 Å². The minimum absolute atomic E-state index is 0.281. The van der Waals surface area contributed by atoms with Gasteiger partial charge in [-0.1, -0.05) is 23.2 Å². The summed E-state index contributed by atoms with van der Waals surface area (Å²) in [5, 5.41) is 3.25. The Morgan fingerprint density at radius 1 is 1.32 bits per heavy atom. The molecule has 0 saturated carbocycles. The Bertz CT molecular complexity index is 678. The molecule has 2 rings (SSSR count). The largest absolute Gasteiger partial charge is 0.414 e. The van der Waals surface area contributed by atoms with Crippen molar-refractivity contribution in [1.82, 2.24) is 10.2 Å². The first-order valence-electron chi connectivity index (χ1n) is 6.86. The number of hydrogen-bond acceptors (Lipinski definition) is 3. The van der Waals surface area contributed by atoms with E-state index in [1.165, 1.54) is 4.90 Å². The van der Waals surface area contributed by atoms with Crippen LogP contribution in [0.1, 0.15) is 25.0 Å². The first-order valence-corrected chi connectivity index (χ1v) is 7.24. The third-order valence-corrected chi connectivity index (χ3v) is 3.72. The van der Waals surface area contributed by atoms with Gasteiger partial charge in [0.1, 0.15) is 5.76 Å². The van der Waals surface area contributed by atoms with E-state index in [0.717, 1.165) is 5.56 Å². The average molecular weight is 323 g/mol. The highest BCUT2D eigenvalue weighted by atomic mass is 35.5. The van der Waals surface area contributed by atoms with Crippen LogP contribution in [-0.4, -0.2) is 36.5 Å². The van der Waals surface area contributed by atoms with Crippen LogP contribution in [0.25, 0.3) is 5.57 Å². The maximum absolute atomic E-state index is 12.4. The van der Waals surface area contributed by atoms with Crippen LogP contribution in [0.15, 0.2) is 24.0 Å². The van der Waals surface area contributed by atoms with Crippen LogP contribution in [-0.2, 0) is 9.53 Å². The molecule has 1 aromatic rings. The lowest BCUT2D eigenvalue weighted by Crippen LogP contribution is -2.40. The minimum atomic E-state index is -0.787. The summed E-state index contributed by atoms with van der Waals surface area (Å²) in [4.78, 5) is 25.6. The zero-order valence-electron chi connectivity index (χ0n) is 13.3. The van der Waals surface area contributed by atoms with Gasteiger partial charge in [-0.3, -0.25) is 4.79 Å². The maximum Gasteiger partial charge on any atom is 0.414 e. The van der Waals surface area contributed by atoms with Crippen LogP contribution in [0, 0.1) is 6.92 Å². The molecule has 1 aliphatic heterocycles. The number of amides is 2. The molecule has 0 radical (unpaired) electrons. The highest BCUT2D eigenvalue weighted by Crippen LogP contribution is 2.37. The van der Waals surface area contributed by atoms with Gasteiger partial charge in [0.25, 0.3) is 5.91 Å². The number of benzene rings is 1. The number of nitrogens with one attached hydrogen (secondary N) is 1. The molecule has 5 nitrogen and oxygen atoms in total. The standard InChI is InChI=1S/C16H19ClN2O3/c1-9-6-7-11(17)10(8-9)12-13(22-15(21)19(4)5)16(2,3)18-14(12)20/h6-8H,1-5H3,(H,18,20). The van der Waals surface area contributed by atoms with Crippen molar-refractivity contribution >= 4 is 29.2 Å². The van der Waals surface area contributed by atoms with Gasteiger partial charge in [0, 0.05) is 24.7 Å². The van der Waals surface area contributed by atoms with Gasteiger partial charge in [-0.2, -0.15) is 0 Å². The van der Waals surface area contributed by atoms with Crippen molar-refractivity contribution < 1.29 is 14.3 Å². The van der Waals surface area contributed by atoms with E-state index in [9.17, 15) is 9.59 Å². The lowest BCUT2D eigenvalue weighted by atomic mass is 9.98. The van der Waals surface area contributed by atoms with E-state index in [0.29, 0.717) is 16.2 Å². The van der Waals surface area contributed by atoms with Crippen molar-refractivity contribution in [3.05, 3.63) is 40.1 Å². The summed E-state index contributed by atoms with van der Waals surface area (Å²) >= 11 is 6.23. The smallest absolute Gasteiger partial charge is 0.411 e. The number of nitrogens with zero attached hydrogens (tertiary/aromatic N) is 1. The van der Waals surface area contributed by atoms with Gasteiger partial charge >= 0.3 is 6.09 Å². The van der Waals surface area contributed by atoms with Crippen LogP contribution < -0.4 is 5.32 Å². The Labute approximate surface area is 134 Å². The second-order valence-electron chi connectivity index (χ2n) is 6.03. The third-order valence-electron chi connectivity index (χ3n) is 3.39. The molecule has 6 heteroatoms. The quantitative estimate of drug-likeness (QED) is 0.910. The normalized spacial score (nSPS) is 16.5. The van der Waals surface area contributed by atoms with Gasteiger partial charge in [0.05, 0.1) is 11.1 Å². The number of halogens is 1. The van der Waals surface area contributed by atoms with Crippen LogP contribution in [0.2, 0.25) is 5.02 Å². The average Bonchev–Trinajstić information content (AvgIpc) is 2.62. The van der Waals surface area contributed by atoms with Gasteiger partial charge in [0.2, 0.25) is 0 Å². The molecule has 0 aliphatic carbocycles. The maximum atomic E-state index is 12.4. The number of carbonyl (C=O) groups excluding carboxylic acids is 2. The Morgan fingerprint density at radius 3 is 2.55 bits per heavy atom. The summed E-state index contributed by atoms with van der Waals surface area (Å²) in [6.45, 7) is 5.46. The number of carbonyl (C=O) groups is 2. The summed E-state index contributed by atoms with van der Waals surface area (Å²) in [5.41, 5.74) is 1.04. The van der Waals surface area contributed by atoms with E-state index in [1.54, 1.807) is 34.0 Å². The molecular formula is C16H19ClN2O3. The topological polar surface area (TPSA) is 58.6 Å². The Balaban J connectivity index is 2.62. The monoisotopic (exact) mass is 322 g/mol. The van der Waals surface area contributed by atoms with Crippen molar-refractivity contribution in [2.75, 3.05) is 14.1 Å². The fourth-order valence-electron chi connectivity index (χ4n) is 2.25. The zero-order chi connectivity index (χ0) is 16.7. The molecule has 0 bridgehead atoms. The molecular weight excluding hydrogens is 304 g/mol. The summed E-state index contributed by atoms with van der Waals surface area (Å²) < 4.78 is 5.44. The summed E-state index contributed by atoms with van der Waals surface area (Å²) in [5.74, 6) is -0.0252. The molecule has 1 N–H and O–H groups in total. The van der Waals surface area contributed by atoms with E-state index in [4.69, 9.17) is 16.3 Å². The SMILES string of the molecule is Cc1ccc(Cl)c(C2=C(OC(=O)N(C)C)C(C)(C)NC2=O)c1. The molecule has 1 aromatic carbocycles. The van der Waals surface area contributed by atoms with Crippen molar-refractivity contribution in [3.63, 3.8) is 0 Å². The van der Waals surface area contributed by atoms with E-state index in [1.807, 2.05) is 19.1 Å². The number of ether oxygens (including phenoxy) is 1. The second kappa shape index (κ2) is 5.65. The predicted octanol–water partition coefficient (Wildman–Crippen LogP) is 2.97. The van der Waals surface area contributed by atoms with Crippen LogP contribution in [0.3, 0.4) is 0 Å². The third kappa shape index (κ3) is 2.95. The van der Waals surface area contributed by atoms with Gasteiger partial charge in [-0.05, 0) is 32.9 Å². The molecule has 1 aliphatic rings. The number of hydrogen-bond donors (Lipinski definition) is 1. The fraction of sp³-hybridized carbons (Fsp3) is 0.375. The summed E-state index contributed by atoms with van der Waals surface area (Å²) in [6, 6.07) is 5.39. The van der Waals surface area contributed by atoms with Gasteiger partial charge in [0.15, 0.2) is 0 Å². The van der Waals surface area contributed by atoms with Crippen LogP contribution >= 0.6 is 11.6 Å². The van der Waals surface area contributed by atoms with Crippen molar-refractivity contribution in [1.29, 1.82) is 0 Å². The second-order valence-corrected chi connectivity index (χ2v) is 6.44. The lowest BCUT2D eigenvalue weighted by Gasteiger charge is -2.23. The minimum Gasteiger partial charge on any atom is -0.411 e. The molecule has 0 saturated heterocycles. The Morgan fingerprint density at radius 2 is 1.95 bits per heavy atom. The molecule has 1 heterocycles. The molecule has 0 fully saturated rings. The summed E-state index contributed by atoms with van der Waals surface area (Å²) in [6.07, 6.45) is -0.541. The Hall–Kier alpha value is -2.01. The summed E-state index contributed by atoms with van der Waals surface area (Å²) in [7, 11) is 3.17. The fourth-order valence-corrected chi connectivity index (χ4v) is 2.46. The van der Waals surface area contributed by atoms with Crippen LogP contribution in [0.4, 0.5) is 4.79 Å². The van der Waals surface area contributed by atoms with Gasteiger partial charge in [-0.25, -0.2) is 4.79 Å². The number of rotatable bonds is 2. The molecule has 0 unspecified atom stereocenters. The van der Waals surface area contributed by atoms with Gasteiger partial charge in [-0.15, -0.1) is 0 Å². The molecule has 0 spiro atoms. The van der Waals surface area contributed by atoms with E-state index < -0.39 is 11.6 Å². The Kier molecular flexibility index (Phi) is 4.20. The van der Waals surface area contributed by atoms with Crippen LogP contribution in [0.5, 0.6) is 0 Å². The lowest BCUT2D eigenvalue weighted by molar-refractivity contribution is -0.115. The molecule has 22 heavy (non-hydrogen) atoms. The van der Waals surface area contributed by atoms with Crippen molar-refractivity contribution in [2.24, 2.45) is 0 Å². The number of aryl methyl sites for hydroxylation is 1. The predicted molar refractivity (Wildman–Crippen MR) is 85.5 cm³/mol. The van der Waals surface area contributed by atoms with Gasteiger partial charge < -0.3 is 15.0 Å². The zero-order valence-corrected chi connectivity index (χ0v) is 14.0.